The minimum atomic E-state index is -0.422. The van der Waals surface area contributed by atoms with E-state index in [9.17, 15) is 14.4 Å². The van der Waals surface area contributed by atoms with Gasteiger partial charge >= 0.3 is 0 Å². The number of carbonyl (C=O) groups excluding carboxylic acids is 3. The van der Waals surface area contributed by atoms with Gasteiger partial charge in [-0.2, -0.15) is 0 Å². The summed E-state index contributed by atoms with van der Waals surface area (Å²) in [6, 6.07) is 0. The highest BCUT2D eigenvalue weighted by Crippen LogP contribution is 2.06. The topological polar surface area (TPSA) is 163 Å². The molecule has 38 heavy (non-hydrogen) atoms. The van der Waals surface area contributed by atoms with Crippen LogP contribution in [0, 0.1) is 0 Å². The molecule has 4 heterocycles. The SMILES string of the molecule is CC(=O)NC12CNCCNCC(NC(=S)NCCCN3C(=O)C=CC3=O)(CNCCNC1)CNCCNC2. The zero-order valence-electron chi connectivity index (χ0n) is 22.3. The number of carbonyl (C=O) groups is 3. The molecule has 3 saturated heterocycles. The van der Waals surface area contributed by atoms with Crippen LogP contribution in [-0.2, 0) is 14.4 Å². The van der Waals surface area contributed by atoms with Crippen molar-refractivity contribution in [1.82, 2.24) is 52.8 Å². The van der Waals surface area contributed by atoms with E-state index in [1.165, 1.54) is 17.1 Å². The van der Waals surface area contributed by atoms with E-state index in [0.29, 0.717) is 63.9 Å². The van der Waals surface area contributed by atoms with Gasteiger partial charge in [0.15, 0.2) is 5.11 Å². The first-order valence-electron chi connectivity index (χ1n) is 13.5. The number of nitrogens with one attached hydrogen (secondary N) is 9. The molecule has 4 aliphatic rings. The van der Waals surface area contributed by atoms with Crippen molar-refractivity contribution in [3.63, 3.8) is 0 Å². The van der Waals surface area contributed by atoms with Crippen LogP contribution in [0.4, 0.5) is 0 Å². The van der Waals surface area contributed by atoms with Crippen molar-refractivity contribution in [2.45, 2.75) is 24.4 Å². The quantitative estimate of drug-likeness (QED) is 0.0892. The molecular formula is C24H44N10O3S. The smallest absolute Gasteiger partial charge is 0.253 e. The van der Waals surface area contributed by atoms with E-state index in [4.69, 9.17) is 12.2 Å². The lowest BCUT2D eigenvalue weighted by atomic mass is 9.97. The third-order valence-corrected chi connectivity index (χ3v) is 7.03. The molecule has 0 saturated carbocycles. The Morgan fingerprint density at radius 1 is 0.789 bits per heavy atom. The first-order chi connectivity index (χ1) is 18.3. The fourth-order valence-electron chi connectivity index (χ4n) is 4.89. The van der Waals surface area contributed by atoms with Crippen LogP contribution < -0.4 is 47.9 Å². The van der Waals surface area contributed by atoms with Gasteiger partial charge in [0, 0.05) is 111 Å². The average molecular weight is 553 g/mol. The van der Waals surface area contributed by atoms with Crippen molar-refractivity contribution in [2.75, 3.05) is 91.6 Å². The van der Waals surface area contributed by atoms with Crippen LogP contribution in [0.1, 0.15) is 13.3 Å². The lowest BCUT2D eigenvalue weighted by molar-refractivity contribution is -0.136. The monoisotopic (exact) mass is 552 g/mol. The summed E-state index contributed by atoms with van der Waals surface area (Å²) in [5.74, 6) is -0.574. The Morgan fingerprint density at radius 3 is 1.58 bits per heavy atom. The maximum absolute atomic E-state index is 12.0. The van der Waals surface area contributed by atoms with Crippen LogP contribution in [0.2, 0.25) is 0 Å². The average Bonchev–Trinajstić information content (AvgIpc) is 3.19. The maximum atomic E-state index is 12.0. The molecule has 0 radical (unpaired) electrons. The van der Waals surface area contributed by atoms with E-state index in [-0.39, 0.29) is 23.3 Å². The first-order valence-corrected chi connectivity index (χ1v) is 13.9. The van der Waals surface area contributed by atoms with Gasteiger partial charge in [0.2, 0.25) is 5.91 Å². The second-order valence-corrected chi connectivity index (χ2v) is 10.6. The first kappa shape index (κ1) is 30.3. The lowest BCUT2D eigenvalue weighted by Gasteiger charge is -2.39. The molecule has 4 aliphatic heterocycles. The molecule has 0 aliphatic carbocycles. The maximum Gasteiger partial charge on any atom is 0.253 e. The highest BCUT2D eigenvalue weighted by atomic mass is 32.1. The molecule has 2 bridgehead atoms. The molecule has 4 rings (SSSR count). The lowest BCUT2D eigenvalue weighted by Crippen LogP contribution is -2.68. The highest BCUT2D eigenvalue weighted by Gasteiger charge is 2.33. The van der Waals surface area contributed by atoms with Crippen LogP contribution in [-0.4, -0.2) is 130 Å². The highest BCUT2D eigenvalue weighted by molar-refractivity contribution is 7.80. The van der Waals surface area contributed by atoms with Gasteiger partial charge in [-0.3, -0.25) is 19.3 Å². The second-order valence-electron chi connectivity index (χ2n) is 10.2. The molecule has 214 valence electrons. The predicted octanol–water partition coefficient (Wildman–Crippen LogP) is -4.06. The molecule has 3 amide bonds. The van der Waals surface area contributed by atoms with Gasteiger partial charge in [-0.1, -0.05) is 0 Å². The van der Waals surface area contributed by atoms with E-state index in [1.54, 1.807) is 6.92 Å². The summed E-state index contributed by atoms with van der Waals surface area (Å²) in [5, 5.41) is 31.7. The van der Waals surface area contributed by atoms with Crippen molar-refractivity contribution >= 4 is 35.1 Å². The largest absolute Gasteiger partial charge is 0.363 e. The Labute approximate surface area is 230 Å². The minimum absolute atomic E-state index is 0.0394. The number of fused-ring (bicyclic) bond motifs is 15. The molecule has 0 unspecified atom stereocenters. The van der Waals surface area contributed by atoms with Gasteiger partial charge in [-0.15, -0.1) is 0 Å². The van der Waals surface area contributed by atoms with E-state index in [0.717, 1.165) is 39.3 Å². The molecule has 13 nitrogen and oxygen atoms in total. The zero-order valence-corrected chi connectivity index (χ0v) is 23.2. The van der Waals surface area contributed by atoms with Crippen molar-refractivity contribution in [2.24, 2.45) is 0 Å². The number of hydrogen-bond acceptors (Lipinski definition) is 10. The summed E-state index contributed by atoms with van der Waals surface area (Å²) in [4.78, 5) is 36.7. The third-order valence-electron chi connectivity index (χ3n) is 6.78. The summed E-state index contributed by atoms with van der Waals surface area (Å²) in [6.45, 7) is 11.0. The normalized spacial score (nSPS) is 28.0. The van der Waals surface area contributed by atoms with Gasteiger partial charge < -0.3 is 47.9 Å². The second kappa shape index (κ2) is 15.4. The van der Waals surface area contributed by atoms with Gasteiger partial charge in [-0.05, 0) is 18.6 Å². The van der Waals surface area contributed by atoms with E-state index < -0.39 is 5.54 Å². The number of amides is 3. The molecule has 0 atom stereocenters. The molecule has 9 N–H and O–H groups in total. The van der Waals surface area contributed by atoms with Crippen molar-refractivity contribution in [1.29, 1.82) is 0 Å². The van der Waals surface area contributed by atoms with Crippen molar-refractivity contribution < 1.29 is 14.4 Å². The van der Waals surface area contributed by atoms with Gasteiger partial charge in [0.05, 0.1) is 11.1 Å². The summed E-state index contributed by atoms with van der Waals surface area (Å²) in [7, 11) is 0. The zero-order chi connectivity index (χ0) is 27.3. The molecule has 0 aromatic heterocycles. The predicted molar refractivity (Wildman–Crippen MR) is 151 cm³/mol. The van der Waals surface area contributed by atoms with Crippen LogP contribution in [0.15, 0.2) is 12.2 Å². The summed E-state index contributed by atoms with van der Waals surface area (Å²) in [5.41, 5.74) is -0.807. The van der Waals surface area contributed by atoms with Crippen LogP contribution in [0.5, 0.6) is 0 Å². The van der Waals surface area contributed by atoms with E-state index in [2.05, 4.69) is 47.9 Å². The molecule has 0 spiro atoms. The van der Waals surface area contributed by atoms with E-state index in [1.807, 2.05) is 0 Å². The fourth-order valence-corrected chi connectivity index (χ4v) is 5.20. The molecular weight excluding hydrogens is 508 g/mol. The standard InChI is InChI=1S/C24H44N10O3S/c1-19(35)32-23-13-25-6-9-28-16-24(17-29-10-7-26-14-23,18-30-11-8-27-15-23)33-22(38)31-5-2-12-34-20(36)3-4-21(34)37/h3-4,25-30H,2,5-18H2,1H3,(H,32,35)(H2,31,33,38). The van der Waals surface area contributed by atoms with Crippen LogP contribution in [0.25, 0.3) is 0 Å². The number of nitrogens with zero attached hydrogens (tertiary/aromatic N) is 1. The third kappa shape index (κ3) is 9.84. The minimum Gasteiger partial charge on any atom is -0.363 e. The Morgan fingerprint density at radius 2 is 1.18 bits per heavy atom. The Hall–Kier alpha value is -2.20. The van der Waals surface area contributed by atoms with Crippen molar-refractivity contribution in [3.05, 3.63) is 12.2 Å². The van der Waals surface area contributed by atoms with Gasteiger partial charge in [-0.25, -0.2) is 0 Å². The molecule has 0 aromatic carbocycles. The molecule has 0 aromatic rings. The fraction of sp³-hybridized carbons (Fsp3) is 0.750. The Balaban J connectivity index is 1.59. The molecule has 14 heteroatoms. The van der Waals surface area contributed by atoms with Crippen LogP contribution in [0.3, 0.4) is 0 Å². The van der Waals surface area contributed by atoms with Crippen molar-refractivity contribution in [3.8, 4) is 0 Å². The Bertz CT molecular complexity index is 794. The summed E-state index contributed by atoms with van der Waals surface area (Å²) < 4.78 is 0. The van der Waals surface area contributed by atoms with Crippen LogP contribution >= 0.6 is 12.2 Å². The summed E-state index contributed by atoms with van der Waals surface area (Å²) >= 11 is 5.65. The number of thiocarbonyl (C=S) groups is 1. The van der Waals surface area contributed by atoms with Gasteiger partial charge in [0.25, 0.3) is 11.8 Å². The number of rotatable bonds is 6. The number of hydrogen-bond donors (Lipinski definition) is 9. The Kier molecular flexibility index (Phi) is 12.3. The molecule has 3 fully saturated rings. The number of imide groups is 1. The summed E-state index contributed by atoms with van der Waals surface area (Å²) in [6.07, 6.45) is 3.20. The van der Waals surface area contributed by atoms with Gasteiger partial charge in [0.1, 0.15) is 0 Å². The van der Waals surface area contributed by atoms with E-state index >= 15 is 0 Å².